The van der Waals surface area contributed by atoms with E-state index in [1.54, 1.807) is 0 Å². The lowest BCUT2D eigenvalue weighted by molar-refractivity contribution is 0.953. The van der Waals surface area contributed by atoms with Crippen molar-refractivity contribution < 1.29 is 0 Å². The molecular formula is C61H39N7. The molecule has 0 atom stereocenters. The maximum atomic E-state index is 5.37. The van der Waals surface area contributed by atoms with E-state index in [1.165, 1.54) is 21.9 Å². The normalized spacial score (nSPS) is 11.5. The van der Waals surface area contributed by atoms with Crippen molar-refractivity contribution in [2.45, 2.75) is 0 Å². The summed E-state index contributed by atoms with van der Waals surface area (Å²) in [6, 6.07) is 82.1. The van der Waals surface area contributed by atoms with E-state index in [9.17, 15) is 0 Å². The van der Waals surface area contributed by atoms with Crippen LogP contribution >= 0.6 is 0 Å². The number of hydrogen-bond donors (Lipinski definition) is 0. The lowest BCUT2D eigenvalue weighted by Gasteiger charge is -2.12. The average Bonchev–Trinajstić information content (AvgIpc) is 3.95. The van der Waals surface area contributed by atoms with Gasteiger partial charge in [-0.05, 0) is 59.7 Å². The van der Waals surface area contributed by atoms with Gasteiger partial charge in [0.05, 0.1) is 33.5 Å². The van der Waals surface area contributed by atoms with Gasteiger partial charge in [-0.2, -0.15) is 9.97 Å². The Morgan fingerprint density at radius 1 is 0.250 bits per heavy atom. The van der Waals surface area contributed by atoms with Crippen LogP contribution in [0.3, 0.4) is 0 Å². The Kier molecular flexibility index (Phi) is 9.35. The molecule has 4 heterocycles. The summed E-state index contributed by atoms with van der Waals surface area (Å²) in [5.41, 5.74) is 14.0. The summed E-state index contributed by atoms with van der Waals surface area (Å²) in [6.07, 6.45) is 0. The molecule has 0 saturated carbocycles. The Bertz CT molecular complexity index is 3940. The van der Waals surface area contributed by atoms with Crippen LogP contribution in [0.15, 0.2) is 237 Å². The van der Waals surface area contributed by atoms with Gasteiger partial charge in [0, 0.05) is 55.0 Å². The maximum absolute atomic E-state index is 5.37. The second-order valence-corrected chi connectivity index (χ2v) is 16.9. The predicted octanol–water partition coefficient (Wildman–Crippen LogP) is 14.9. The molecular weight excluding hydrogens is 831 g/mol. The van der Waals surface area contributed by atoms with Crippen molar-refractivity contribution in [3.8, 4) is 79.4 Å². The fourth-order valence-electron chi connectivity index (χ4n) is 9.64. The van der Waals surface area contributed by atoms with Crippen molar-refractivity contribution in [2.75, 3.05) is 0 Å². The van der Waals surface area contributed by atoms with Gasteiger partial charge in [-0.1, -0.05) is 188 Å². The Morgan fingerprint density at radius 3 is 1.28 bits per heavy atom. The van der Waals surface area contributed by atoms with Gasteiger partial charge >= 0.3 is 0 Å². The number of rotatable bonds is 8. The largest absolute Gasteiger partial charge is 0.309 e. The first kappa shape index (κ1) is 39.1. The van der Waals surface area contributed by atoms with Crippen molar-refractivity contribution in [1.29, 1.82) is 0 Å². The number of benzene rings is 9. The molecule has 13 rings (SSSR count). The number of fused-ring (bicyclic) bond motifs is 7. The highest BCUT2D eigenvalue weighted by Crippen LogP contribution is 2.42. The molecule has 9 aromatic carbocycles. The minimum atomic E-state index is 0.532. The molecule has 0 saturated heterocycles. The van der Waals surface area contributed by atoms with Gasteiger partial charge in [-0.3, -0.25) is 4.57 Å². The first-order valence-electron chi connectivity index (χ1n) is 22.8. The van der Waals surface area contributed by atoms with Crippen molar-refractivity contribution in [1.82, 2.24) is 34.1 Å². The molecule has 13 aromatic rings. The monoisotopic (exact) mass is 869 g/mol. The molecule has 0 unspecified atom stereocenters. The van der Waals surface area contributed by atoms with Crippen LogP contribution in [-0.4, -0.2) is 34.1 Å². The molecule has 0 fully saturated rings. The van der Waals surface area contributed by atoms with E-state index in [1.807, 2.05) is 84.9 Å². The minimum Gasteiger partial charge on any atom is -0.309 e. The van der Waals surface area contributed by atoms with Gasteiger partial charge in [0.2, 0.25) is 5.95 Å². The molecule has 0 N–H and O–H groups in total. The number of aromatic nitrogens is 7. The van der Waals surface area contributed by atoms with Crippen LogP contribution in [0, 0.1) is 0 Å². The second kappa shape index (κ2) is 16.3. The van der Waals surface area contributed by atoms with Crippen LogP contribution in [0.5, 0.6) is 0 Å². The fraction of sp³-hybridized carbons (Fsp3) is 0. The minimum absolute atomic E-state index is 0.532. The van der Waals surface area contributed by atoms with E-state index < -0.39 is 0 Å². The molecule has 0 aliphatic rings. The van der Waals surface area contributed by atoms with Gasteiger partial charge in [-0.25, -0.2) is 15.0 Å². The summed E-state index contributed by atoms with van der Waals surface area (Å²) in [4.78, 5) is 26.0. The summed E-state index contributed by atoms with van der Waals surface area (Å²) >= 11 is 0. The zero-order valence-electron chi connectivity index (χ0n) is 36.6. The molecule has 4 aromatic heterocycles. The van der Waals surface area contributed by atoms with Crippen molar-refractivity contribution in [3.63, 3.8) is 0 Å². The third kappa shape index (κ3) is 6.72. The van der Waals surface area contributed by atoms with Crippen LogP contribution in [0.25, 0.3) is 123 Å². The first-order chi connectivity index (χ1) is 33.7. The summed E-state index contributed by atoms with van der Waals surface area (Å²) in [5.74, 6) is 2.33. The van der Waals surface area contributed by atoms with Crippen molar-refractivity contribution in [2.24, 2.45) is 0 Å². The first-order valence-corrected chi connectivity index (χ1v) is 22.8. The van der Waals surface area contributed by atoms with Crippen LogP contribution < -0.4 is 0 Å². The summed E-state index contributed by atoms with van der Waals surface area (Å²) in [6.45, 7) is 0. The third-order valence-electron chi connectivity index (χ3n) is 12.8. The van der Waals surface area contributed by atoms with Gasteiger partial charge in [0.25, 0.3) is 0 Å². The molecule has 0 spiro atoms. The quantitative estimate of drug-likeness (QED) is 0.152. The van der Waals surface area contributed by atoms with E-state index in [0.717, 1.165) is 77.7 Å². The van der Waals surface area contributed by atoms with E-state index in [2.05, 4.69) is 161 Å². The van der Waals surface area contributed by atoms with Crippen molar-refractivity contribution in [3.05, 3.63) is 237 Å². The zero-order valence-corrected chi connectivity index (χ0v) is 36.6. The highest BCUT2D eigenvalue weighted by molar-refractivity contribution is 6.28. The average molecular weight is 870 g/mol. The van der Waals surface area contributed by atoms with Crippen LogP contribution in [-0.2, 0) is 0 Å². The molecule has 7 nitrogen and oxygen atoms in total. The molecule has 0 aliphatic heterocycles. The third-order valence-corrected chi connectivity index (χ3v) is 12.8. The topological polar surface area (TPSA) is 74.3 Å². The van der Waals surface area contributed by atoms with Crippen LogP contribution in [0.1, 0.15) is 0 Å². The zero-order chi connectivity index (χ0) is 45.0. The highest BCUT2D eigenvalue weighted by atomic mass is 15.2. The Balaban J connectivity index is 1.00. The van der Waals surface area contributed by atoms with E-state index in [0.29, 0.717) is 23.4 Å². The highest BCUT2D eigenvalue weighted by Gasteiger charge is 2.23. The van der Waals surface area contributed by atoms with Gasteiger partial charge in [0.1, 0.15) is 0 Å². The lowest BCUT2D eigenvalue weighted by atomic mass is 10.0. The molecule has 0 aliphatic carbocycles. The molecule has 7 heteroatoms. The predicted molar refractivity (Wildman–Crippen MR) is 277 cm³/mol. The van der Waals surface area contributed by atoms with E-state index in [-0.39, 0.29) is 0 Å². The standard InChI is InChI=1S/C61H39N7/c1-5-18-40(19-6-1)41-32-34-47(35-33-41)67-52-30-15-13-28-48(52)56-54(67)36-37-55-57(56)49-29-14-16-31-53(49)68(55)61-65-59(44-24-11-4-12-25-44)64-60(66-61)46-27-17-26-45(38-46)51-39-50(42-20-7-2-8-21-42)62-58(63-51)43-22-9-3-10-23-43/h1-39H. The molecule has 318 valence electrons. The summed E-state index contributed by atoms with van der Waals surface area (Å²) in [7, 11) is 0. The lowest BCUT2D eigenvalue weighted by Crippen LogP contribution is -2.06. The fourth-order valence-corrected chi connectivity index (χ4v) is 9.64. The Hall–Kier alpha value is -9.33. The van der Waals surface area contributed by atoms with Gasteiger partial charge < -0.3 is 4.57 Å². The SMILES string of the molecule is c1ccc(-c2ccc(-n3c4ccccc4c4c5c6ccccc6n(-c6nc(-c7ccccc7)nc(-c7cccc(-c8cc(-c9ccccc9)nc(-c9ccccc9)n8)c7)n6)c5ccc43)cc2)cc1. The Morgan fingerprint density at radius 2 is 0.676 bits per heavy atom. The van der Waals surface area contributed by atoms with Crippen LogP contribution in [0.4, 0.5) is 0 Å². The van der Waals surface area contributed by atoms with Crippen molar-refractivity contribution >= 4 is 43.6 Å². The van der Waals surface area contributed by atoms with Gasteiger partial charge in [0.15, 0.2) is 17.5 Å². The van der Waals surface area contributed by atoms with Gasteiger partial charge in [-0.15, -0.1) is 0 Å². The molecule has 0 amide bonds. The van der Waals surface area contributed by atoms with E-state index >= 15 is 0 Å². The second-order valence-electron chi connectivity index (χ2n) is 16.9. The molecule has 0 radical (unpaired) electrons. The molecule has 68 heavy (non-hydrogen) atoms. The smallest absolute Gasteiger partial charge is 0.238 e. The number of nitrogens with zero attached hydrogens (tertiary/aromatic N) is 7. The number of hydrogen-bond acceptors (Lipinski definition) is 5. The summed E-state index contributed by atoms with van der Waals surface area (Å²) in [5, 5.41) is 4.62. The molecule has 0 bridgehead atoms. The Labute approximate surface area is 392 Å². The maximum Gasteiger partial charge on any atom is 0.238 e. The summed E-state index contributed by atoms with van der Waals surface area (Å²) < 4.78 is 4.59. The van der Waals surface area contributed by atoms with Crippen LogP contribution in [0.2, 0.25) is 0 Å². The van der Waals surface area contributed by atoms with E-state index in [4.69, 9.17) is 24.9 Å². The number of para-hydroxylation sites is 2.